The number of nitrogens with two attached hydrogens (primary N) is 1. The van der Waals surface area contributed by atoms with E-state index in [1.807, 2.05) is 19.1 Å². The predicted octanol–water partition coefficient (Wildman–Crippen LogP) is 3.51. The molecule has 0 radical (unpaired) electrons. The summed E-state index contributed by atoms with van der Waals surface area (Å²) in [5.74, 6) is -0.246. The Labute approximate surface area is 126 Å². The van der Waals surface area contributed by atoms with Crippen LogP contribution in [-0.4, -0.2) is 18.1 Å². The Morgan fingerprint density at radius 1 is 1.35 bits per heavy atom. The second-order valence-corrected chi connectivity index (χ2v) is 5.37. The van der Waals surface area contributed by atoms with Crippen LogP contribution >= 0.6 is 15.9 Å². The Balaban J connectivity index is 2.37. The van der Waals surface area contributed by atoms with Crippen molar-refractivity contribution in [2.24, 2.45) is 5.73 Å². The molecule has 0 fully saturated rings. The SMILES string of the molecule is CCN(c1cccc(F)c1)C(CN)c1cncc(Br)c1. The van der Waals surface area contributed by atoms with Crippen LogP contribution in [0.5, 0.6) is 0 Å². The van der Waals surface area contributed by atoms with Crippen LogP contribution < -0.4 is 10.6 Å². The molecule has 1 aromatic heterocycles. The van der Waals surface area contributed by atoms with Gasteiger partial charge in [-0.05, 0) is 52.7 Å². The molecule has 0 spiro atoms. The molecule has 1 atom stereocenters. The third-order valence-electron chi connectivity index (χ3n) is 3.19. The third-order valence-corrected chi connectivity index (χ3v) is 3.62. The molecule has 5 heteroatoms. The second kappa shape index (κ2) is 6.81. The quantitative estimate of drug-likeness (QED) is 0.907. The highest BCUT2D eigenvalue weighted by molar-refractivity contribution is 9.10. The van der Waals surface area contributed by atoms with Gasteiger partial charge in [-0.2, -0.15) is 0 Å². The molecule has 0 aliphatic rings. The minimum absolute atomic E-state index is 0.0354. The number of aromatic nitrogens is 1. The number of likely N-dealkylation sites (N-methyl/N-ethyl adjacent to an activating group) is 1. The van der Waals surface area contributed by atoms with E-state index in [-0.39, 0.29) is 11.9 Å². The number of halogens is 2. The van der Waals surface area contributed by atoms with Crippen molar-refractivity contribution >= 4 is 21.6 Å². The molecule has 2 rings (SSSR count). The van der Waals surface area contributed by atoms with Crippen molar-refractivity contribution in [3.8, 4) is 0 Å². The average Bonchev–Trinajstić information content (AvgIpc) is 2.44. The zero-order valence-corrected chi connectivity index (χ0v) is 12.8. The fourth-order valence-corrected chi connectivity index (χ4v) is 2.67. The van der Waals surface area contributed by atoms with Gasteiger partial charge < -0.3 is 10.6 Å². The smallest absolute Gasteiger partial charge is 0.125 e. The Kier molecular flexibility index (Phi) is 5.09. The van der Waals surface area contributed by atoms with Crippen LogP contribution in [0.2, 0.25) is 0 Å². The van der Waals surface area contributed by atoms with E-state index >= 15 is 0 Å². The van der Waals surface area contributed by atoms with Gasteiger partial charge >= 0.3 is 0 Å². The highest BCUT2D eigenvalue weighted by Gasteiger charge is 2.19. The van der Waals surface area contributed by atoms with E-state index in [1.165, 1.54) is 12.1 Å². The predicted molar refractivity (Wildman–Crippen MR) is 83.2 cm³/mol. The summed E-state index contributed by atoms with van der Waals surface area (Å²) in [5, 5.41) is 0. The van der Waals surface area contributed by atoms with E-state index in [1.54, 1.807) is 18.5 Å². The number of hydrogen-bond acceptors (Lipinski definition) is 3. The molecule has 2 N–H and O–H groups in total. The van der Waals surface area contributed by atoms with Gasteiger partial charge in [-0.3, -0.25) is 4.98 Å². The van der Waals surface area contributed by atoms with Crippen molar-refractivity contribution in [3.63, 3.8) is 0 Å². The number of anilines is 1. The van der Waals surface area contributed by atoms with Crippen LogP contribution in [0.4, 0.5) is 10.1 Å². The molecule has 1 heterocycles. The molecule has 106 valence electrons. The van der Waals surface area contributed by atoms with Crippen molar-refractivity contribution in [3.05, 3.63) is 58.6 Å². The van der Waals surface area contributed by atoms with Crippen LogP contribution in [0.15, 0.2) is 47.2 Å². The fourth-order valence-electron chi connectivity index (χ4n) is 2.29. The van der Waals surface area contributed by atoms with E-state index in [2.05, 4.69) is 25.8 Å². The first-order chi connectivity index (χ1) is 9.65. The third kappa shape index (κ3) is 3.35. The van der Waals surface area contributed by atoms with E-state index < -0.39 is 0 Å². The molecule has 0 amide bonds. The van der Waals surface area contributed by atoms with Gasteiger partial charge in [0.2, 0.25) is 0 Å². The van der Waals surface area contributed by atoms with E-state index in [9.17, 15) is 4.39 Å². The molecule has 20 heavy (non-hydrogen) atoms. The lowest BCUT2D eigenvalue weighted by atomic mass is 10.1. The van der Waals surface area contributed by atoms with Crippen LogP contribution in [0.1, 0.15) is 18.5 Å². The standard InChI is InChI=1S/C15H17BrFN3/c1-2-20(14-5-3-4-13(17)7-14)15(8-18)11-6-12(16)10-19-9-11/h3-7,9-10,15H,2,8,18H2,1H3. The van der Waals surface area contributed by atoms with Crippen molar-refractivity contribution in [1.29, 1.82) is 0 Å². The van der Waals surface area contributed by atoms with Crippen LogP contribution in [0.25, 0.3) is 0 Å². The Morgan fingerprint density at radius 3 is 2.75 bits per heavy atom. The molecular formula is C15H17BrFN3. The lowest BCUT2D eigenvalue weighted by Gasteiger charge is -2.32. The molecule has 2 aromatic rings. The van der Waals surface area contributed by atoms with Gasteiger partial charge in [0.05, 0.1) is 6.04 Å². The maximum absolute atomic E-state index is 13.4. The first kappa shape index (κ1) is 14.9. The normalized spacial score (nSPS) is 12.2. The molecule has 0 bridgehead atoms. The lowest BCUT2D eigenvalue weighted by molar-refractivity contribution is 0.615. The van der Waals surface area contributed by atoms with E-state index in [4.69, 9.17) is 5.73 Å². The number of nitrogens with zero attached hydrogens (tertiary/aromatic N) is 2. The molecule has 0 saturated carbocycles. The number of benzene rings is 1. The summed E-state index contributed by atoms with van der Waals surface area (Å²) < 4.78 is 14.3. The Morgan fingerprint density at radius 2 is 2.15 bits per heavy atom. The van der Waals surface area contributed by atoms with E-state index in [0.717, 1.165) is 22.3 Å². The van der Waals surface area contributed by atoms with Crippen LogP contribution in [0, 0.1) is 5.82 Å². The van der Waals surface area contributed by atoms with Crippen molar-refractivity contribution in [1.82, 2.24) is 4.98 Å². The zero-order valence-electron chi connectivity index (χ0n) is 11.3. The summed E-state index contributed by atoms with van der Waals surface area (Å²) in [5.41, 5.74) is 7.76. The maximum Gasteiger partial charge on any atom is 0.125 e. The summed E-state index contributed by atoms with van der Waals surface area (Å²) in [6.45, 7) is 3.19. The molecule has 3 nitrogen and oxygen atoms in total. The first-order valence-corrected chi connectivity index (χ1v) is 7.27. The van der Waals surface area contributed by atoms with Gasteiger partial charge in [0, 0.05) is 35.6 Å². The molecule has 1 unspecified atom stereocenters. The topological polar surface area (TPSA) is 42.1 Å². The van der Waals surface area contributed by atoms with Gasteiger partial charge in [-0.25, -0.2) is 4.39 Å². The van der Waals surface area contributed by atoms with Gasteiger partial charge in [0.1, 0.15) is 5.82 Å². The van der Waals surface area contributed by atoms with Crippen molar-refractivity contribution in [2.75, 3.05) is 18.0 Å². The van der Waals surface area contributed by atoms with E-state index in [0.29, 0.717) is 6.54 Å². The highest BCUT2D eigenvalue weighted by Crippen LogP contribution is 2.27. The average molecular weight is 338 g/mol. The Hall–Kier alpha value is -1.46. The van der Waals surface area contributed by atoms with Gasteiger partial charge in [0.15, 0.2) is 0 Å². The highest BCUT2D eigenvalue weighted by atomic mass is 79.9. The number of pyridine rings is 1. The number of rotatable bonds is 5. The monoisotopic (exact) mass is 337 g/mol. The maximum atomic E-state index is 13.4. The summed E-state index contributed by atoms with van der Waals surface area (Å²) in [7, 11) is 0. The van der Waals surface area contributed by atoms with Gasteiger partial charge in [-0.1, -0.05) is 6.07 Å². The van der Waals surface area contributed by atoms with Crippen LogP contribution in [-0.2, 0) is 0 Å². The summed E-state index contributed by atoms with van der Waals surface area (Å²) in [6, 6.07) is 8.52. The molecule has 0 aliphatic carbocycles. The minimum Gasteiger partial charge on any atom is -0.363 e. The zero-order chi connectivity index (χ0) is 14.5. The Bertz CT molecular complexity index is 525. The summed E-state index contributed by atoms with van der Waals surface area (Å²) in [6.07, 6.45) is 3.53. The van der Waals surface area contributed by atoms with Crippen molar-refractivity contribution < 1.29 is 4.39 Å². The fraction of sp³-hybridized carbons (Fsp3) is 0.267. The summed E-state index contributed by atoms with van der Waals surface area (Å²) >= 11 is 3.42. The molecule has 0 saturated heterocycles. The van der Waals surface area contributed by atoms with Crippen molar-refractivity contribution in [2.45, 2.75) is 13.0 Å². The van der Waals surface area contributed by atoms with Gasteiger partial charge in [0.25, 0.3) is 0 Å². The number of hydrogen-bond donors (Lipinski definition) is 1. The van der Waals surface area contributed by atoms with Gasteiger partial charge in [-0.15, -0.1) is 0 Å². The largest absolute Gasteiger partial charge is 0.363 e. The molecule has 0 aliphatic heterocycles. The minimum atomic E-state index is -0.246. The molecular weight excluding hydrogens is 321 g/mol. The first-order valence-electron chi connectivity index (χ1n) is 6.48. The second-order valence-electron chi connectivity index (χ2n) is 4.45. The van der Waals surface area contributed by atoms with Crippen LogP contribution in [0.3, 0.4) is 0 Å². The summed E-state index contributed by atoms with van der Waals surface area (Å²) in [4.78, 5) is 6.25. The lowest BCUT2D eigenvalue weighted by Crippen LogP contribution is -2.33. The molecule has 1 aromatic carbocycles.